The Morgan fingerprint density at radius 2 is 2.00 bits per heavy atom. The van der Waals surface area contributed by atoms with Crippen LogP contribution in [0, 0.1) is 10.1 Å². The van der Waals surface area contributed by atoms with Gasteiger partial charge in [0, 0.05) is 5.56 Å². The number of nitro groups is 1. The first-order valence-electron chi connectivity index (χ1n) is 5.84. The van der Waals surface area contributed by atoms with Gasteiger partial charge in [-0.15, -0.1) is 0 Å². The molecule has 0 spiro atoms. The lowest BCUT2D eigenvalue weighted by Crippen LogP contribution is -2.14. The normalized spacial score (nSPS) is 15.7. The average Bonchev–Trinajstić information content (AvgIpc) is 2.99. The molecule has 1 fully saturated rings. The molecule has 0 amide bonds. The van der Waals surface area contributed by atoms with Gasteiger partial charge < -0.3 is 4.74 Å². The van der Waals surface area contributed by atoms with Gasteiger partial charge in [-0.3, -0.25) is 10.1 Å². The smallest absolute Gasteiger partial charge is 0.314 e. The van der Waals surface area contributed by atoms with E-state index in [1.165, 1.54) is 0 Å². The van der Waals surface area contributed by atoms with Crippen molar-refractivity contribution in [3.05, 3.63) is 33.9 Å². The second-order valence-electron chi connectivity index (χ2n) is 5.48. The van der Waals surface area contributed by atoms with E-state index >= 15 is 0 Å². The highest BCUT2D eigenvalue weighted by Crippen LogP contribution is 2.40. The van der Waals surface area contributed by atoms with E-state index in [2.05, 4.69) is 0 Å². The van der Waals surface area contributed by atoms with Crippen LogP contribution in [0.15, 0.2) is 18.2 Å². The van der Waals surface area contributed by atoms with Crippen LogP contribution in [0.1, 0.15) is 39.2 Å². The van der Waals surface area contributed by atoms with E-state index in [-0.39, 0.29) is 22.1 Å². The van der Waals surface area contributed by atoms with Gasteiger partial charge in [-0.25, -0.2) is 0 Å². The molecular formula is C13H17NO3. The van der Waals surface area contributed by atoms with Crippen LogP contribution in [0.5, 0.6) is 5.75 Å². The molecule has 92 valence electrons. The molecule has 4 heteroatoms. The standard InChI is InChI=1S/C13H17NO3/c1-13(2,3)10-5-4-6-11(12(10)14(15)16)17-9-7-8-9/h4-6,9H,7-8H2,1-3H3. The maximum Gasteiger partial charge on any atom is 0.314 e. The zero-order valence-corrected chi connectivity index (χ0v) is 10.4. The van der Waals surface area contributed by atoms with Crippen LogP contribution in [0.4, 0.5) is 5.69 Å². The predicted molar refractivity (Wildman–Crippen MR) is 65.4 cm³/mol. The van der Waals surface area contributed by atoms with Crippen LogP contribution in [0.3, 0.4) is 0 Å². The fraction of sp³-hybridized carbons (Fsp3) is 0.538. The number of hydrogen-bond acceptors (Lipinski definition) is 3. The minimum absolute atomic E-state index is 0.118. The molecule has 0 saturated heterocycles. The quantitative estimate of drug-likeness (QED) is 0.595. The summed E-state index contributed by atoms with van der Waals surface area (Å²) in [5, 5.41) is 11.2. The maximum absolute atomic E-state index is 11.2. The second kappa shape index (κ2) is 4.02. The molecule has 0 N–H and O–H groups in total. The van der Waals surface area contributed by atoms with Crippen LogP contribution >= 0.6 is 0 Å². The third-order valence-electron chi connectivity index (χ3n) is 2.81. The lowest BCUT2D eigenvalue weighted by molar-refractivity contribution is -0.387. The molecule has 2 rings (SSSR count). The SMILES string of the molecule is CC(C)(C)c1cccc(OC2CC2)c1[N+](=O)[O-]. The maximum atomic E-state index is 11.2. The highest BCUT2D eigenvalue weighted by atomic mass is 16.6. The van der Waals surface area contributed by atoms with E-state index in [9.17, 15) is 10.1 Å². The Morgan fingerprint density at radius 1 is 1.35 bits per heavy atom. The van der Waals surface area contributed by atoms with Gasteiger partial charge in [0.25, 0.3) is 0 Å². The van der Waals surface area contributed by atoms with Crippen LogP contribution in [0.2, 0.25) is 0 Å². The molecule has 0 atom stereocenters. The van der Waals surface area contributed by atoms with Crippen molar-refractivity contribution >= 4 is 5.69 Å². The van der Waals surface area contributed by atoms with Crippen molar-refractivity contribution in [2.75, 3.05) is 0 Å². The highest BCUT2D eigenvalue weighted by molar-refractivity contribution is 5.55. The molecule has 0 bridgehead atoms. The fourth-order valence-corrected chi connectivity index (χ4v) is 1.78. The van der Waals surface area contributed by atoms with E-state index in [1.54, 1.807) is 12.1 Å². The van der Waals surface area contributed by atoms with Crippen LogP contribution in [-0.2, 0) is 5.41 Å². The topological polar surface area (TPSA) is 52.4 Å². The predicted octanol–water partition coefficient (Wildman–Crippen LogP) is 3.43. The van der Waals surface area contributed by atoms with Gasteiger partial charge in [0.1, 0.15) is 0 Å². The third-order valence-corrected chi connectivity index (χ3v) is 2.81. The van der Waals surface area contributed by atoms with Crippen molar-refractivity contribution in [3.63, 3.8) is 0 Å². The molecule has 1 aliphatic carbocycles. The van der Waals surface area contributed by atoms with Gasteiger partial charge in [0.15, 0.2) is 5.75 Å². The number of hydrogen-bond donors (Lipinski definition) is 0. The molecule has 0 radical (unpaired) electrons. The Bertz CT molecular complexity index is 444. The summed E-state index contributed by atoms with van der Waals surface area (Å²) in [6, 6.07) is 5.31. The van der Waals surface area contributed by atoms with E-state index in [1.807, 2.05) is 26.8 Å². The first-order chi connectivity index (χ1) is 7.89. The Hall–Kier alpha value is -1.58. The van der Waals surface area contributed by atoms with Crippen molar-refractivity contribution in [2.24, 2.45) is 0 Å². The first-order valence-corrected chi connectivity index (χ1v) is 5.84. The van der Waals surface area contributed by atoms with Crippen molar-refractivity contribution in [1.82, 2.24) is 0 Å². The van der Waals surface area contributed by atoms with Gasteiger partial charge in [-0.1, -0.05) is 32.9 Å². The summed E-state index contributed by atoms with van der Waals surface area (Å²) in [7, 11) is 0. The van der Waals surface area contributed by atoms with Gasteiger partial charge in [-0.2, -0.15) is 0 Å². The Morgan fingerprint density at radius 3 is 2.47 bits per heavy atom. The lowest BCUT2D eigenvalue weighted by atomic mass is 9.85. The summed E-state index contributed by atoms with van der Waals surface area (Å²) < 4.78 is 5.61. The highest BCUT2D eigenvalue weighted by Gasteiger charge is 2.32. The van der Waals surface area contributed by atoms with Crippen LogP contribution in [0.25, 0.3) is 0 Å². The van der Waals surface area contributed by atoms with E-state index in [4.69, 9.17) is 4.74 Å². The summed E-state index contributed by atoms with van der Waals surface area (Å²) in [4.78, 5) is 10.9. The fourth-order valence-electron chi connectivity index (χ4n) is 1.78. The number of para-hydroxylation sites is 1. The summed E-state index contributed by atoms with van der Waals surface area (Å²) in [6.45, 7) is 5.91. The van der Waals surface area contributed by atoms with Crippen LogP contribution < -0.4 is 4.74 Å². The lowest BCUT2D eigenvalue weighted by Gasteiger charge is -2.20. The number of nitrogens with zero attached hydrogens (tertiary/aromatic N) is 1. The number of nitro benzene ring substituents is 1. The second-order valence-corrected chi connectivity index (χ2v) is 5.48. The molecule has 0 heterocycles. The molecular weight excluding hydrogens is 218 g/mol. The van der Waals surface area contributed by atoms with Gasteiger partial charge in [-0.05, 0) is 24.3 Å². The van der Waals surface area contributed by atoms with Crippen LogP contribution in [-0.4, -0.2) is 11.0 Å². The zero-order chi connectivity index (χ0) is 12.6. The molecule has 4 nitrogen and oxygen atoms in total. The molecule has 0 aliphatic heterocycles. The Kier molecular flexibility index (Phi) is 2.81. The number of rotatable bonds is 3. The summed E-state index contributed by atoms with van der Waals surface area (Å²) in [6.07, 6.45) is 2.16. The largest absolute Gasteiger partial charge is 0.483 e. The Labute approximate surface area is 101 Å². The minimum Gasteiger partial charge on any atom is -0.483 e. The number of ether oxygens (including phenoxy) is 1. The Balaban J connectivity index is 2.47. The van der Waals surface area contributed by atoms with Crippen molar-refractivity contribution in [2.45, 2.75) is 45.1 Å². The molecule has 1 aromatic carbocycles. The molecule has 1 aliphatic rings. The van der Waals surface area contributed by atoms with Gasteiger partial charge in [0.2, 0.25) is 0 Å². The summed E-state index contributed by atoms with van der Waals surface area (Å²) in [5.74, 6) is 0.407. The summed E-state index contributed by atoms with van der Waals surface area (Å²) >= 11 is 0. The van der Waals surface area contributed by atoms with Gasteiger partial charge in [0.05, 0.1) is 11.0 Å². The van der Waals surface area contributed by atoms with Crippen molar-refractivity contribution in [3.8, 4) is 5.75 Å². The van der Waals surface area contributed by atoms with Gasteiger partial charge >= 0.3 is 5.69 Å². The van der Waals surface area contributed by atoms with E-state index in [0.29, 0.717) is 5.75 Å². The molecule has 0 aromatic heterocycles. The monoisotopic (exact) mass is 235 g/mol. The van der Waals surface area contributed by atoms with Crippen molar-refractivity contribution < 1.29 is 9.66 Å². The molecule has 17 heavy (non-hydrogen) atoms. The third kappa shape index (κ3) is 2.57. The number of benzene rings is 1. The zero-order valence-electron chi connectivity index (χ0n) is 10.4. The molecule has 0 unspecified atom stereocenters. The van der Waals surface area contributed by atoms with E-state index in [0.717, 1.165) is 18.4 Å². The molecule has 1 saturated carbocycles. The van der Waals surface area contributed by atoms with E-state index < -0.39 is 0 Å². The molecule has 1 aromatic rings. The summed E-state index contributed by atoms with van der Waals surface area (Å²) in [5.41, 5.74) is 0.582. The minimum atomic E-state index is -0.335. The first kappa shape index (κ1) is 11.9. The van der Waals surface area contributed by atoms with Crippen molar-refractivity contribution in [1.29, 1.82) is 0 Å². The average molecular weight is 235 g/mol.